The van der Waals surface area contributed by atoms with Crippen LogP contribution in [0.4, 0.5) is 16.0 Å². The average molecular weight is 390 g/mol. The summed E-state index contributed by atoms with van der Waals surface area (Å²) in [4.78, 5) is 11.0. The standard InChI is InChI=1S/C19H23FN4O2S/c1-27-19-22-17(21)8-18(23-19)24-9-11-6-15(25)16(7-12(11)10-24)26-14-4-2-13(20)3-5-14/h2-5,8,11-12,15-16,25H,6-7,9-10H2,1H3,(H2,21,22,23)/t11-,12+,15+,16+/m0/s1. The molecule has 1 saturated heterocycles. The van der Waals surface area contributed by atoms with Gasteiger partial charge in [-0.3, -0.25) is 0 Å². The molecule has 2 fully saturated rings. The van der Waals surface area contributed by atoms with Crippen molar-refractivity contribution in [3.63, 3.8) is 0 Å². The summed E-state index contributed by atoms with van der Waals surface area (Å²) in [6, 6.07) is 7.74. The van der Waals surface area contributed by atoms with Crippen molar-refractivity contribution in [2.24, 2.45) is 11.8 Å². The number of nitrogens with zero attached hydrogens (tertiary/aromatic N) is 3. The van der Waals surface area contributed by atoms with Crippen LogP contribution < -0.4 is 15.4 Å². The summed E-state index contributed by atoms with van der Waals surface area (Å²) in [5.41, 5.74) is 5.91. The lowest BCUT2D eigenvalue weighted by molar-refractivity contribution is -0.0231. The predicted molar refractivity (Wildman–Crippen MR) is 103 cm³/mol. The predicted octanol–water partition coefficient (Wildman–Crippen LogP) is 2.57. The number of nitrogens with two attached hydrogens (primary N) is 1. The highest BCUT2D eigenvalue weighted by Gasteiger charge is 2.43. The Morgan fingerprint density at radius 2 is 1.89 bits per heavy atom. The summed E-state index contributed by atoms with van der Waals surface area (Å²) < 4.78 is 19.0. The molecule has 4 atom stereocenters. The number of ether oxygens (including phenoxy) is 1. The number of hydrogen-bond acceptors (Lipinski definition) is 7. The quantitative estimate of drug-likeness (QED) is 0.613. The molecular weight excluding hydrogens is 367 g/mol. The topological polar surface area (TPSA) is 84.5 Å². The molecule has 2 aromatic rings. The first kappa shape index (κ1) is 18.3. The van der Waals surface area contributed by atoms with Gasteiger partial charge in [-0.05, 0) is 55.2 Å². The number of thioether (sulfide) groups is 1. The number of nitrogen functional groups attached to an aromatic ring is 1. The first-order chi connectivity index (χ1) is 13.0. The van der Waals surface area contributed by atoms with E-state index in [-0.39, 0.29) is 11.9 Å². The molecule has 1 aromatic carbocycles. The van der Waals surface area contributed by atoms with Crippen LogP contribution in [0.2, 0.25) is 0 Å². The second-order valence-corrected chi connectivity index (χ2v) is 7.99. The van der Waals surface area contributed by atoms with E-state index in [4.69, 9.17) is 10.5 Å². The molecule has 0 bridgehead atoms. The fraction of sp³-hybridized carbons (Fsp3) is 0.474. The minimum absolute atomic E-state index is 0.283. The van der Waals surface area contributed by atoms with Gasteiger partial charge in [-0.2, -0.15) is 0 Å². The van der Waals surface area contributed by atoms with Crippen molar-refractivity contribution < 1.29 is 14.2 Å². The molecule has 0 spiro atoms. The van der Waals surface area contributed by atoms with E-state index in [2.05, 4.69) is 14.9 Å². The molecule has 3 N–H and O–H groups in total. The Kier molecular flexibility index (Phi) is 5.10. The minimum atomic E-state index is -0.534. The largest absolute Gasteiger partial charge is 0.488 e. The van der Waals surface area contributed by atoms with Crippen LogP contribution in [-0.2, 0) is 0 Å². The van der Waals surface area contributed by atoms with E-state index >= 15 is 0 Å². The van der Waals surface area contributed by atoms with Gasteiger partial charge in [-0.15, -0.1) is 0 Å². The third-order valence-electron chi connectivity index (χ3n) is 5.40. The van der Waals surface area contributed by atoms with Crippen molar-refractivity contribution >= 4 is 23.4 Å². The van der Waals surface area contributed by atoms with Gasteiger partial charge in [-0.1, -0.05) is 11.8 Å². The van der Waals surface area contributed by atoms with E-state index in [1.807, 2.05) is 6.26 Å². The van der Waals surface area contributed by atoms with Crippen LogP contribution in [0, 0.1) is 17.7 Å². The van der Waals surface area contributed by atoms with E-state index in [0.717, 1.165) is 25.3 Å². The monoisotopic (exact) mass is 390 g/mol. The zero-order valence-corrected chi connectivity index (χ0v) is 15.9. The van der Waals surface area contributed by atoms with Gasteiger partial charge < -0.3 is 20.5 Å². The van der Waals surface area contributed by atoms with Crippen molar-refractivity contribution in [3.8, 4) is 5.75 Å². The fourth-order valence-electron chi connectivity index (χ4n) is 4.08. The summed E-state index contributed by atoms with van der Waals surface area (Å²) in [5, 5.41) is 11.2. The molecule has 6 nitrogen and oxygen atoms in total. The lowest BCUT2D eigenvalue weighted by Gasteiger charge is -2.35. The van der Waals surface area contributed by atoms with Crippen molar-refractivity contribution in [3.05, 3.63) is 36.1 Å². The Labute approximate surface area is 161 Å². The lowest BCUT2D eigenvalue weighted by Crippen LogP contribution is -2.42. The van der Waals surface area contributed by atoms with Gasteiger partial charge >= 0.3 is 0 Å². The second-order valence-electron chi connectivity index (χ2n) is 7.21. The highest BCUT2D eigenvalue weighted by Crippen LogP contribution is 2.39. The van der Waals surface area contributed by atoms with Crippen LogP contribution >= 0.6 is 11.8 Å². The smallest absolute Gasteiger partial charge is 0.191 e. The zero-order chi connectivity index (χ0) is 19.0. The van der Waals surface area contributed by atoms with Crippen LogP contribution in [-0.4, -0.2) is 46.6 Å². The first-order valence-corrected chi connectivity index (χ1v) is 10.3. The SMILES string of the molecule is CSc1nc(N)cc(N2C[C@H]3C[C@@H](Oc4ccc(F)cc4)[C@H](O)C[C@H]3C2)n1. The van der Waals surface area contributed by atoms with Crippen LogP contribution in [0.25, 0.3) is 0 Å². The molecule has 2 heterocycles. The third kappa shape index (κ3) is 3.96. The number of hydrogen-bond donors (Lipinski definition) is 2. The molecule has 0 unspecified atom stereocenters. The number of aliphatic hydroxyl groups excluding tert-OH is 1. The van der Waals surface area contributed by atoms with Crippen LogP contribution in [0.1, 0.15) is 12.8 Å². The van der Waals surface area contributed by atoms with E-state index in [9.17, 15) is 9.50 Å². The van der Waals surface area contributed by atoms with Gasteiger partial charge in [0.2, 0.25) is 0 Å². The first-order valence-electron chi connectivity index (χ1n) is 9.05. The molecule has 1 saturated carbocycles. The summed E-state index contributed by atoms with van der Waals surface area (Å²) >= 11 is 1.47. The number of rotatable bonds is 4. The van der Waals surface area contributed by atoms with Gasteiger partial charge in [0.15, 0.2) is 5.16 Å². The van der Waals surface area contributed by atoms with Crippen molar-refractivity contribution in [1.82, 2.24) is 9.97 Å². The van der Waals surface area contributed by atoms with Gasteiger partial charge in [0.25, 0.3) is 0 Å². The summed E-state index contributed by atoms with van der Waals surface area (Å²) in [6.07, 6.45) is 2.55. The Hall–Kier alpha value is -2.06. The maximum absolute atomic E-state index is 13.1. The van der Waals surface area contributed by atoms with Crippen molar-refractivity contribution in [1.29, 1.82) is 0 Å². The highest BCUT2D eigenvalue weighted by atomic mass is 32.2. The lowest BCUT2D eigenvalue weighted by atomic mass is 9.78. The fourth-order valence-corrected chi connectivity index (χ4v) is 4.46. The summed E-state index contributed by atoms with van der Waals surface area (Å²) in [6.45, 7) is 1.69. The summed E-state index contributed by atoms with van der Waals surface area (Å²) in [7, 11) is 0. The van der Waals surface area contributed by atoms with Crippen LogP contribution in [0.3, 0.4) is 0 Å². The maximum atomic E-state index is 13.1. The normalized spacial score (nSPS) is 27.4. The minimum Gasteiger partial charge on any atom is -0.488 e. The number of aromatic nitrogens is 2. The maximum Gasteiger partial charge on any atom is 0.191 e. The van der Waals surface area contributed by atoms with E-state index in [1.165, 1.54) is 23.9 Å². The van der Waals surface area contributed by atoms with Crippen LogP contribution in [0.15, 0.2) is 35.5 Å². The molecule has 8 heteroatoms. The van der Waals surface area contributed by atoms with Gasteiger partial charge in [-0.25, -0.2) is 14.4 Å². The molecule has 144 valence electrons. The number of fused-ring (bicyclic) bond motifs is 1. The molecule has 1 aliphatic heterocycles. The number of halogens is 1. The molecule has 0 amide bonds. The Morgan fingerprint density at radius 3 is 2.59 bits per heavy atom. The van der Waals surface area contributed by atoms with Crippen molar-refractivity contribution in [2.45, 2.75) is 30.2 Å². The zero-order valence-electron chi connectivity index (χ0n) is 15.1. The third-order valence-corrected chi connectivity index (χ3v) is 5.95. The molecule has 1 aliphatic carbocycles. The van der Waals surface area contributed by atoms with Gasteiger partial charge in [0.05, 0.1) is 6.10 Å². The average Bonchev–Trinajstić information content (AvgIpc) is 3.06. The molecule has 27 heavy (non-hydrogen) atoms. The Morgan fingerprint density at radius 1 is 1.19 bits per heavy atom. The van der Waals surface area contributed by atoms with Crippen LogP contribution in [0.5, 0.6) is 5.75 Å². The van der Waals surface area contributed by atoms with E-state index < -0.39 is 6.10 Å². The molecular formula is C19H23FN4O2S. The Balaban J connectivity index is 1.45. The van der Waals surface area contributed by atoms with Crippen molar-refractivity contribution in [2.75, 3.05) is 30.0 Å². The van der Waals surface area contributed by atoms with E-state index in [0.29, 0.717) is 35.0 Å². The number of benzene rings is 1. The van der Waals surface area contributed by atoms with Gasteiger partial charge in [0, 0.05) is 19.2 Å². The molecule has 2 aliphatic rings. The molecule has 1 aromatic heterocycles. The number of aliphatic hydroxyl groups is 1. The highest BCUT2D eigenvalue weighted by molar-refractivity contribution is 7.98. The summed E-state index contributed by atoms with van der Waals surface area (Å²) in [5.74, 6) is 2.40. The second kappa shape index (κ2) is 7.52. The number of anilines is 2. The Bertz CT molecular complexity index is 807. The van der Waals surface area contributed by atoms with E-state index in [1.54, 1.807) is 18.2 Å². The van der Waals surface area contributed by atoms with Gasteiger partial charge in [0.1, 0.15) is 29.3 Å². The molecule has 4 rings (SSSR count). The molecule has 0 radical (unpaired) electrons.